The lowest BCUT2D eigenvalue weighted by Gasteiger charge is -2.18. The van der Waals surface area contributed by atoms with Crippen LogP contribution < -0.4 is 5.32 Å². The molecule has 0 saturated heterocycles. The second kappa shape index (κ2) is 8.04. The molecule has 0 atom stereocenters. The first-order valence-electron chi connectivity index (χ1n) is 10.0. The van der Waals surface area contributed by atoms with E-state index >= 15 is 0 Å². The fraction of sp³-hybridized carbons (Fsp3) is 0.273. The highest BCUT2D eigenvalue weighted by Crippen LogP contribution is 2.24. The van der Waals surface area contributed by atoms with Gasteiger partial charge in [-0.15, -0.1) is 0 Å². The van der Waals surface area contributed by atoms with E-state index in [1.165, 1.54) is 4.31 Å². The molecule has 0 aliphatic carbocycles. The van der Waals surface area contributed by atoms with Crippen molar-refractivity contribution in [3.63, 3.8) is 0 Å². The highest BCUT2D eigenvalue weighted by molar-refractivity contribution is 7.89. The summed E-state index contributed by atoms with van der Waals surface area (Å²) in [5.41, 5.74) is 3.66. The Kier molecular flexibility index (Phi) is 5.44. The summed E-state index contributed by atoms with van der Waals surface area (Å²) in [5, 5.41) is 8.90. The van der Waals surface area contributed by atoms with Crippen molar-refractivity contribution < 1.29 is 8.42 Å². The molecule has 0 saturated carbocycles. The highest BCUT2D eigenvalue weighted by atomic mass is 32.2. The number of rotatable bonds is 7. The summed E-state index contributed by atoms with van der Waals surface area (Å²) < 4.78 is 28.6. The van der Waals surface area contributed by atoms with Crippen LogP contribution in [0.15, 0.2) is 59.5 Å². The van der Waals surface area contributed by atoms with Crippen molar-refractivity contribution >= 4 is 32.4 Å². The SMILES string of the molecule is CCN(CC)S(=O)(=O)c1ccc(CNc2nc3cc(C)nn3c3ccccc23)cc1. The van der Waals surface area contributed by atoms with Gasteiger partial charge in [0, 0.05) is 31.1 Å². The van der Waals surface area contributed by atoms with Crippen molar-refractivity contribution in [1.82, 2.24) is 18.9 Å². The van der Waals surface area contributed by atoms with Crippen molar-refractivity contribution in [3.8, 4) is 0 Å². The fourth-order valence-electron chi connectivity index (χ4n) is 3.59. The molecule has 0 radical (unpaired) electrons. The number of hydrogen-bond acceptors (Lipinski definition) is 5. The Morgan fingerprint density at radius 3 is 2.43 bits per heavy atom. The molecular formula is C22H25N5O2S. The minimum absolute atomic E-state index is 0.315. The normalized spacial score (nSPS) is 12.1. The summed E-state index contributed by atoms with van der Waals surface area (Å²) in [5.74, 6) is 0.776. The van der Waals surface area contributed by atoms with Crippen LogP contribution in [0.1, 0.15) is 25.1 Å². The van der Waals surface area contributed by atoms with E-state index in [0.29, 0.717) is 24.5 Å². The van der Waals surface area contributed by atoms with Crippen molar-refractivity contribution in [2.24, 2.45) is 0 Å². The van der Waals surface area contributed by atoms with Crippen molar-refractivity contribution in [2.75, 3.05) is 18.4 Å². The first-order valence-corrected chi connectivity index (χ1v) is 11.5. The topological polar surface area (TPSA) is 79.6 Å². The summed E-state index contributed by atoms with van der Waals surface area (Å²) in [6.45, 7) is 7.08. The van der Waals surface area contributed by atoms with E-state index in [-0.39, 0.29) is 0 Å². The maximum absolute atomic E-state index is 12.7. The molecule has 0 bridgehead atoms. The fourth-order valence-corrected chi connectivity index (χ4v) is 5.05. The van der Waals surface area contributed by atoms with Gasteiger partial charge in [0.2, 0.25) is 10.0 Å². The number of aromatic nitrogens is 3. The highest BCUT2D eigenvalue weighted by Gasteiger charge is 2.21. The number of nitrogens with one attached hydrogen (secondary N) is 1. The largest absolute Gasteiger partial charge is 0.365 e. The monoisotopic (exact) mass is 423 g/mol. The van der Waals surface area contributed by atoms with E-state index in [1.807, 2.05) is 67.8 Å². The maximum atomic E-state index is 12.7. The molecule has 7 nitrogen and oxygen atoms in total. The summed E-state index contributed by atoms with van der Waals surface area (Å²) in [6, 6.07) is 17.0. The lowest BCUT2D eigenvalue weighted by molar-refractivity contribution is 0.445. The van der Waals surface area contributed by atoms with Gasteiger partial charge in [-0.05, 0) is 36.8 Å². The van der Waals surface area contributed by atoms with Crippen molar-refractivity contribution in [1.29, 1.82) is 0 Å². The number of sulfonamides is 1. The van der Waals surface area contributed by atoms with Crippen LogP contribution in [0, 0.1) is 6.92 Å². The molecule has 1 N–H and O–H groups in total. The summed E-state index contributed by atoms with van der Waals surface area (Å²) in [7, 11) is -3.45. The zero-order valence-electron chi connectivity index (χ0n) is 17.3. The van der Waals surface area contributed by atoms with Gasteiger partial charge in [0.1, 0.15) is 5.82 Å². The number of aryl methyl sites for hydroxylation is 1. The number of anilines is 1. The molecule has 4 rings (SSSR count). The van der Waals surface area contributed by atoms with E-state index in [2.05, 4.69) is 10.4 Å². The van der Waals surface area contributed by atoms with E-state index < -0.39 is 10.0 Å². The third-order valence-corrected chi connectivity index (χ3v) is 7.22. The molecular weight excluding hydrogens is 398 g/mol. The van der Waals surface area contributed by atoms with Crippen LogP contribution in [0.5, 0.6) is 0 Å². The molecule has 0 unspecified atom stereocenters. The quantitative estimate of drug-likeness (QED) is 0.489. The van der Waals surface area contributed by atoms with Gasteiger partial charge in [-0.3, -0.25) is 0 Å². The molecule has 2 aromatic heterocycles. The molecule has 156 valence electrons. The van der Waals surface area contributed by atoms with E-state index in [9.17, 15) is 8.42 Å². The Hall–Kier alpha value is -2.97. The predicted octanol–water partition coefficient (Wildman–Crippen LogP) is 3.83. The third kappa shape index (κ3) is 3.64. The van der Waals surface area contributed by atoms with Crippen LogP contribution in [0.25, 0.3) is 16.6 Å². The van der Waals surface area contributed by atoms with Gasteiger partial charge in [0.25, 0.3) is 0 Å². The molecule has 0 aliphatic heterocycles. The number of fused-ring (bicyclic) bond motifs is 3. The molecule has 30 heavy (non-hydrogen) atoms. The van der Waals surface area contributed by atoms with Crippen LogP contribution >= 0.6 is 0 Å². The Bertz CT molecular complexity index is 1290. The van der Waals surface area contributed by atoms with E-state index in [1.54, 1.807) is 12.1 Å². The van der Waals surface area contributed by atoms with E-state index in [4.69, 9.17) is 4.98 Å². The standard InChI is InChI=1S/C22H25N5O2S/c1-4-26(5-2)30(28,29)18-12-10-17(11-13-18)15-23-22-19-8-6-7-9-20(19)27-21(24-22)14-16(3)25-27/h6-14H,4-5,15H2,1-3H3,(H,23,24). The van der Waals surface area contributed by atoms with Crippen LogP contribution in [0.2, 0.25) is 0 Å². The minimum atomic E-state index is -3.45. The van der Waals surface area contributed by atoms with Crippen molar-refractivity contribution in [2.45, 2.75) is 32.2 Å². The summed E-state index contributed by atoms with van der Waals surface area (Å²) >= 11 is 0. The molecule has 2 heterocycles. The molecule has 8 heteroatoms. The van der Waals surface area contributed by atoms with Gasteiger partial charge >= 0.3 is 0 Å². The Morgan fingerprint density at radius 1 is 1.03 bits per heavy atom. The Labute approximate surface area is 176 Å². The lowest BCUT2D eigenvalue weighted by Crippen LogP contribution is -2.30. The number of nitrogens with zero attached hydrogens (tertiary/aromatic N) is 4. The molecule has 4 aromatic rings. The van der Waals surface area contributed by atoms with Gasteiger partial charge in [0.05, 0.1) is 16.1 Å². The Balaban J connectivity index is 1.60. The van der Waals surface area contributed by atoms with E-state index in [0.717, 1.165) is 33.6 Å². The number of benzene rings is 2. The Morgan fingerprint density at radius 2 is 1.73 bits per heavy atom. The van der Waals surface area contributed by atoms with Crippen LogP contribution in [0.4, 0.5) is 5.82 Å². The molecule has 0 fully saturated rings. The smallest absolute Gasteiger partial charge is 0.243 e. The second-order valence-electron chi connectivity index (χ2n) is 7.12. The van der Waals surface area contributed by atoms with Crippen LogP contribution in [-0.4, -0.2) is 40.4 Å². The lowest BCUT2D eigenvalue weighted by atomic mass is 10.2. The summed E-state index contributed by atoms with van der Waals surface area (Å²) in [4.78, 5) is 5.04. The summed E-state index contributed by atoms with van der Waals surface area (Å²) in [6.07, 6.45) is 0. The first kappa shape index (κ1) is 20.3. The molecule has 0 spiro atoms. The van der Waals surface area contributed by atoms with Gasteiger partial charge in [-0.1, -0.05) is 38.1 Å². The first-order chi connectivity index (χ1) is 14.4. The van der Waals surface area contributed by atoms with Crippen molar-refractivity contribution in [3.05, 3.63) is 65.9 Å². The zero-order valence-corrected chi connectivity index (χ0v) is 18.1. The molecule has 0 amide bonds. The number of hydrogen-bond donors (Lipinski definition) is 1. The third-order valence-electron chi connectivity index (χ3n) is 5.15. The van der Waals surface area contributed by atoms with Crippen LogP contribution in [0.3, 0.4) is 0 Å². The van der Waals surface area contributed by atoms with Gasteiger partial charge in [-0.25, -0.2) is 17.9 Å². The average Bonchev–Trinajstić information content (AvgIpc) is 3.13. The predicted molar refractivity (Wildman–Crippen MR) is 119 cm³/mol. The van der Waals surface area contributed by atoms with Gasteiger partial charge in [0.15, 0.2) is 5.65 Å². The number of para-hydroxylation sites is 1. The minimum Gasteiger partial charge on any atom is -0.365 e. The molecule has 0 aliphatic rings. The maximum Gasteiger partial charge on any atom is 0.243 e. The molecule has 2 aromatic carbocycles. The second-order valence-corrected chi connectivity index (χ2v) is 9.06. The van der Waals surface area contributed by atoms with Gasteiger partial charge < -0.3 is 5.32 Å². The van der Waals surface area contributed by atoms with Crippen LogP contribution in [-0.2, 0) is 16.6 Å². The average molecular weight is 424 g/mol. The zero-order chi connectivity index (χ0) is 21.3. The van der Waals surface area contributed by atoms with Gasteiger partial charge in [-0.2, -0.15) is 9.40 Å².